The molecule has 1 fully saturated rings. The van der Waals surface area contributed by atoms with Gasteiger partial charge in [0.2, 0.25) is 0 Å². The predicted octanol–water partition coefficient (Wildman–Crippen LogP) is 9.28. The van der Waals surface area contributed by atoms with E-state index in [2.05, 4.69) is 10.2 Å². The molecule has 0 saturated carbocycles. The van der Waals surface area contributed by atoms with Crippen LogP contribution in [-0.2, 0) is 0 Å². The molecule has 0 spiro atoms. The van der Waals surface area contributed by atoms with E-state index in [1.54, 1.807) is 37.4 Å². The average Bonchev–Trinajstić information content (AvgIpc) is 3.51. The van der Waals surface area contributed by atoms with Crippen LogP contribution in [0.25, 0.3) is 5.57 Å². The fraction of sp³-hybridized carbons (Fsp3) is 0.324. The van der Waals surface area contributed by atoms with Gasteiger partial charge >= 0.3 is 6.18 Å². The first-order chi connectivity index (χ1) is 20.6. The zero-order chi connectivity index (χ0) is 30.7. The van der Waals surface area contributed by atoms with E-state index in [9.17, 15) is 17.6 Å². The summed E-state index contributed by atoms with van der Waals surface area (Å²) in [5, 5.41) is 2.81. The van der Waals surface area contributed by atoms with Crippen LogP contribution < -0.4 is 15.1 Å². The molecule has 0 bridgehead atoms. The molecule has 1 saturated heterocycles. The Hall–Kier alpha value is -4.14. The minimum Gasteiger partial charge on any atom is -0.370 e. The molecule has 2 aliphatic heterocycles. The lowest BCUT2D eigenvalue weighted by atomic mass is 9.90. The number of alkyl halides is 3. The second kappa shape index (κ2) is 12.6. The first-order valence-corrected chi connectivity index (χ1v) is 14.6. The SMILES string of the molecule is CC/C=C1/C(/C(=C\CC)NC(c2ccccc2C)C(F)(F)F)=CN(c2ccc(F)cc2F)c2nc(N3CCCC3)ccc21. The molecular weight excluding hydrogens is 559 g/mol. The van der Waals surface area contributed by atoms with E-state index in [0.717, 1.165) is 43.9 Å². The molecule has 1 N–H and O–H groups in total. The smallest absolute Gasteiger partial charge is 0.370 e. The molecule has 43 heavy (non-hydrogen) atoms. The maximum absolute atomic E-state index is 15.3. The highest BCUT2D eigenvalue weighted by atomic mass is 19.4. The average molecular weight is 595 g/mol. The van der Waals surface area contributed by atoms with Crippen molar-refractivity contribution >= 4 is 22.9 Å². The molecular formula is C34H35F5N4. The Morgan fingerprint density at radius 1 is 1.00 bits per heavy atom. The van der Waals surface area contributed by atoms with Gasteiger partial charge in [-0.2, -0.15) is 13.2 Å². The third kappa shape index (κ3) is 6.31. The number of nitrogens with zero attached hydrogens (tertiary/aromatic N) is 3. The van der Waals surface area contributed by atoms with Gasteiger partial charge in [0.1, 0.15) is 29.3 Å². The molecule has 1 unspecified atom stereocenters. The molecule has 2 aliphatic rings. The summed E-state index contributed by atoms with van der Waals surface area (Å²) in [5.41, 5.74) is 2.73. The standard InChI is InChI=1S/C34H35F5N4/c1-4-10-25-26-15-17-31(42-18-8-9-19-42)41-33(26)43(30-16-14-23(35)20-28(30)36)21-27(25)29(11-5-2)40-32(34(37,38)39)24-13-7-6-12-22(24)3/h6-7,10-17,20-21,32,40H,4-5,8-9,18-19H2,1-3H3/b25-10+,29-11+. The number of aromatic nitrogens is 1. The predicted molar refractivity (Wildman–Crippen MR) is 162 cm³/mol. The van der Waals surface area contributed by atoms with Crippen molar-refractivity contribution in [3.05, 3.63) is 113 Å². The lowest BCUT2D eigenvalue weighted by molar-refractivity contribution is -0.155. The van der Waals surface area contributed by atoms with Gasteiger partial charge in [0.05, 0.1) is 5.69 Å². The number of benzene rings is 2. The molecule has 1 aromatic heterocycles. The van der Waals surface area contributed by atoms with E-state index < -0.39 is 23.9 Å². The molecule has 0 aliphatic carbocycles. The van der Waals surface area contributed by atoms with Crippen LogP contribution in [0.1, 0.15) is 62.3 Å². The Bertz CT molecular complexity index is 1570. The van der Waals surface area contributed by atoms with E-state index in [1.807, 2.05) is 32.1 Å². The number of hydrogen-bond acceptors (Lipinski definition) is 4. The second-order valence-corrected chi connectivity index (χ2v) is 10.8. The van der Waals surface area contributed by atoms with E-state index in [-0.39, 0.29) is 16.9 Å². The highest BCUT2D eigenvalue weighted by Crippen LogP contribution is 2.45. The Morgan fingerprint density at radius 3 is 2.40 bits per heavy atom. The zero-order valence-electron chi connectivity index (χ0n) is 24.5. The van der Waals surface area contributed by atoms with Crippen LogP contribution in [0.4, 0.5) is 39.3 Å². The van der Waals surface area contributed by atoms with Gasteiger partial charge in [-0.3, -0.25) is 4.90 Å². The van der Waals surface area contributed by atoms with E-state index in [4.69, 9.17) is 4.98 Å². The number of pyridine rings is 1. The van der Waals surface area contributed by atoms with Gasteiger partial charge in [-0.05, 0) is 73.6 Å². The van der Waals surface area contributed by atoms with Gasteiger partial charge in [0, 0.05) is 42.2 Å². The minimum absolute atomic E-state index is 0.0453. The van der Waals surface area contributed by atoms with Crippen molar-refractivity contribution in [3.8, 4) is 0 Å². The molecule has 0 amide bonds. The highest BCUT2D eigenvalue weighted by molar-refractivity contribution is 5.94. The second-order valence-electron chi connectivity index (χ2n) is 10.8. The normalized spacial score (nSPS) is 17.3. The first kappa shape index (κ1) is 30.3. The molecule has 2 aromatic carbocycles. The Balaban J connectivity index is 1.70. The molecule has 3 heterocycles. The third-order valence-electron chi connectivity index (χ3n) is 7.76. The van der Waals surface area contributed by atoms with Crippen molar-refractivity contribution in [1.82, 2.24) is 10.3 Å². The van der Waals surface area contributed by atoms with Gasteiger partial charge in [-0.25, -0.2) is 13.8 Å². The monoisotopic (exact) mass is 594 g/mol. The van der Waals surface area contributed by atoms with Gasteiger partial charge in [-0.1, -0.05) is 50.3 Å². The van der Waals surface area contributed by atoms with Crippen LogP contribution in [0.5, 0.6) is 0 Å². The van der Waals surface area contributed by atoms with Crippen LogP contribution in [0.3, 0.4) is 0 Å². The number of allylic oxidation sites excluding steroid dienone is 3. The van der Waals surface area contributed by atoms with Gasteiger partial charge in [0.25, 0.3) is 0 Å². The van der Waals surface area contributed by atoms with Crippen LogP contribution >= 0.6 is 0 Å². The maximum atomic E-state index is 15.3. The van der Waals surface area contributed by atoms with Crippen molar-refractivity contribution in [3.63, 3.8) is 0 Å². The molecule has 3 aromatic rings. The number of rotatable bonds is 8. The van der Waals surface area contributed by atoms with Crippen LogP contribution in [0.2, 0.25) is 0 Å². The van der Waals surface area contributed by atoms with Crippen LogP contribution in [0.15, 0.2) is 84.2 Å². The van der Waals surface area contributed by atoms with Gasteiger partial charge < -0.3 is 10.2 Å². The zero-order valence-corrected chi connectivity index (χ0v) is 24.5. The van der Waals surface area contributed by atoms with E-state index in [0.29, 0.717) is 40.9 Å². The van der Waals surface area contributed by atoms with Crippen molar-refractivity contribution in [2.24, 2.45) is 0 Å². The number of anilines is 3. The van der Waals surface area contributed by atoms with Crippen molar-refractivity contribution < 1.29 is 22.0 Å². The summed E-state index contributed by atoms with van der Waals surface area (Å²) in [4.78, 5) is 8.61. The number of hydrogen-bond donors (Lipinski definition) is 1. The first-order valence-electron chi connectivity index (χ1n) is 14.6. The number of nitrogens with one attached hydrogen (secondary N) is 1. The fourth-order valence-electron chi connectivity index (χ4n) is 5.71. The molecule has 5 rings (SSSR count). The van der Waals surface area contributed by atoms with Crippen molar-refractivity contribution in [2.45, 2.75) is 58.7 Å². The molecule has 4 nitrogen and oxygen atoms in total. The molecule has 226 valence electrons. The minimum atomic E-state index is -4.60. The summed E-state index contributed by atoms with van der Waals surface area (Å²) in [6, 6.07) is 11.5. The van der Waals surface area contributed by atoms with E-state index >= 15 is 4.39 Å². The molecule has 9 heteroatoms. The van der Waals surface area contributed by atoms with Gasteiger partial charge in [0.15, 0.2) is 0 Å². The summed E-state index contributed by atoms with van der Waals surface area (Å²) in [6.45, 7) is 7.14. The summed E-state index contributed by atoms with van der Waals surface area (Å²) in [7, 11) is 0. The largest absolute Gasteiger partial charge is 0.412 e. The third-order valence-corrected chi connectivity index (χ3v) is 7.76. The quantitative estimate of drug-likeness (QED) is 0.264. The summed E-state index contributed by atoms with van der Waals surface area (Å²) in [5.74, 6) is -0.372. The van der Waals surface area contributed by atoms with Crippen molar-refractivity contribution in [1.29, 1.82) is 0 Å². The molecule has 1 atom stereocenters. The summed E-state index contributed by atoms with van der Waals surface area (Å²) < 4.78 is 73.2. The molecule has 0 radical (unpaired) electrons. The Morgan fingerprint density at radius 2 is 1.74 bits per heavy atom. The number of aryl methyl sites for hydroxylation is 1. The lowest BCUT2D eigenvalue weighted by Gasteiger charge is -2.34. The fourth-order valence-corrected chi connectivity index (χ4v) is 5.71. The topological polar surface area (TPSA) is 31.4 Å². The van der Waals surface area contributed by atoms with Crippen LogP contribution in [0, 0.1) is 18.6 Å². The Labute approximate surface area is 249 Å². The van der Waals surface area contributed by atoms with Gasteiger partial charge in [-0.15, -0.1) is 0 Å². The highest BCUT2D eigenvalue weighted by Gasteiger charge is 2.42. The lowest BCUT2D eigenvalue weighted by Crippen LogP contribution is -2.35. The number of fused-ring (bicyclic) bond motifs is 1. The summed E-state index contributed by atoms with van der Waals surface area (Å²) >= 11 is 0. The summed E-state index contributed by atoms with van der Waals surface area (Å²) in [6.07, 6.45) is 3.79. The van der Waals surface area contributed by atoms with E-state index in [1.165, 1.54) is 17.0 Å². The number of halogens is 5. The van der Waals surface area contributed by atoms with Crippen molar-refractivity contribution in [2.75, 3.05) is 22.9 Å². The maximum Gasteiger partial charge on any atom is 0.412 e. The van der Waals surface area contributed by atoms with Crippen LogP contribution in [-0.4, -0.2) is 24.2 Å². The Kier molecular flexibility index (Phi) is 8.89.